The molecule has 0 aliphatic heterocycles. The largest absolute Gasteiger partial charge is 0.457 e. The minimum Gasteiger partial charge on any atom is -0.457 e. The number of nitrogens with zero attached hydrogens (tertiary/aromatic N) is 1. The van der Waals surface area contributed by atoms with E-state index in [9.17, 15) is 9.59 Å². The van der Waals surface area contributed by atoms with Gasteiger partial charge in [-0.15, -0.1) is 0 Å². The number of ether oxygens (including phenoxy) is 1. The molecule has 190 valence electrons. The van der Waals surface area contributed by atoms with E-state index < -0.39 is 17.0 Å². The molecule has 0 bridgehead atoms. The Kier molecular flexibility index (Phi) is 7.74. The quantitative estimate of drug-likeness (QED) is 0.221. The van der Waals surface area contributed by atoms with E-state index >= 15 is 4.39 Å². The maximum atomic E-state index is 15.4. The molecule has 0 radical (unpaired) electrons. The molecular formula is C31H29ClFNO3. The minimum atomic E-state index is -0.670. The maximum Gasteiger partial charge on any atom is 0.171 e. The Labute approximate surface area is 221 Å². The van der Waals surface area contributed by atoms with Gasteiger partial charge in [-0.3, -0.25) is 14.6 Å². The molecule has 3 aromatic carbocycles. The van der Waals surface area contributed by atoms with Gasteiger partial charge in [-0.05, 0) is 60.4 Å². The number of ketones is 2. The first-order valence-electron chi connectivity index (χ1n) is 12.2. The van der Waals surface area contributed by atoms with Gasteiger partial charge in [0.25, 0.3) is 0 Å². The highest BCUT2D eigenvalue weighted by molar-refractivity contribution is 6.34. The van der Waals surface area contributed by atoms with Crippen molar-refractivity contribution in [3.8, 4) is 11.5 Å². The lowest BCUT2D eigenvalue weighted by Crippen LogP contribution is -2.20. The van der Waals surface area contributed by atoms with E-state index in [2.05, 4.69) is 4.98 Å². The van der Waals surface area contributed by atoms with Crippen LogP contribution in [0.3, 0.4) is 0 Å². The van der Waals surface area contributed by atoms with Gasteiger partial charge in [-0.1, -0.05) is 62.7 Å². The van der Waals surface area contributed by atoms with Gasteiger partial charge in [-0.25, -0.2) is 4.39 Å². The molecule has 37 heavy (non-hydrogen) atoms. The third kappa shape index (κ3) is 6.05. The summed E-state index contributed by atoms with van der Waals surface area (Å²) in [5.74, 6) is 0.214. The van der Waals surface area contributed by atoms with Crippen LogP contribution in [0.5, 0.6) is 11.5 Å². The van der Waals surface area contributed by atoms with Crippen LogP contribution < -0.4 is 4.74 Å². The predicted octanol–water partition coefficient (Wildman–Crippen LogP) is 8.10. The van der Waals surface area contributed by atoms with Gasteiger partial charge in [0.2, 0.25) is 0 Å². The normalized spacial score (nSPS) is 11.5. The summed E-state index contributed by atoms with van der Waals surface area (Å²) >= 11 is 6.28. The van der Waals surface area contributed by atoms with E-state index in [1.165, 1.54) is 6.07 Å². The standard InChI is InChI=1S/C31H29ClFNO3/c1-19-7-5-9-22(17-19)37-26-15-16-34-30-21(8-6-10-23(26)30)18-25(35)28-24(32)13-11-20(29(28)33)12-14-27(36)31(2,3)4/h5-11,13,15-17H,12,14,18H2,1-4H3. The second kappa shape index (κ2) is 10.8. The third-order valence-electron chi connectivity index (χ3n) is 6.29. The summed E-state index contributed by atoms with van der Waals surface area (Å²) < 4.78 is 21.5. The predicted molar refractivity (Wildman–Crippen MR) is 145 cm³/mol. The molecule has 0 atom stereocenters. The third-order valence-corrected chi connectivity index (χ3v) is 6.61. The Morgan fingerprint density at radius 2 is 1.76 bits per heavy atom. The van der Waals surface area contributed by atoms with Gasteiger partial charge in [-0.2, -0.15) is 0 Å². The SMILES string of the molecule is Cc1cccc(Oc2ccnc3c(CC(=O)c4c(Cl)ccc(CCC(=O)C(C)(C)C)c4F)cccc23)c1. The Hall–Kier alpha value is -3.57. The van der Waals surface area contributed by atoms with E-state index in [0.29, 0.717) is 28.1 Å². The fraction of sp³-hybridized carbons (Fsp3) is 0.258. The highest BCUT2D eigenvalue weighted by atomic mass is 35.5. The van der Waals surface area contributed by atoms with E-state index in [1.807, 2.05) is 64.1 Å². The Balaban J connectivity index is 1.62. The van der Waals surface area contributed by atoms with Crippen molar-refractivity contribution in [2.24, 2.45) is 5.41 Å². The number of pyridine rings is 1. The second-order valence-electron chi connectivity index (χ2n) is 10.2. The van der Waals surface area contributed by atoms with E-state index in [4.69, 9.17) is 16.3 Å². The van der Waals surface area contributed by atoms with Gasteiger partial charge in [0.05, 0.1) is 16.1 Å². The summed E-state index contributed by atoms with van der Waals surface area (Å²) in [4.78, 5) is 30.1. The van der Waals surface area contributed by atoms with Crippen molar-refractivity contribution in [2.75, 3.05) is 0 Å². The highest BCUT2D eigenvalue weighted by Crippen LogP contribution is 2.32. The molecule has 0 saturated heterocycles. The summed E-state index contributed by atoms with van der Waals surface area (Å²) in [5, 5.41) is 0.792. The number of aromatic nitrogens is 1. The van der Waals surface area contributed by atoms with Crippen molar-refractivity contribution in [2.45, 2.75) is 47.0 Å². The van der Waals surface area contributed by atoms with Crippen LogP contribution in [0, 0.1) is 18.2 Å². The first-order chi connectivity index (χ1) is 17.5. The zero-order chi connectivity index (χ0) is 26.7. The van der Waals surface area contributed by atoms with Crippen molar-refractivity contribution in [1.29, 1.82) is 0 Å². The van der Waals surface area contributed by atoms with Crippen LogP contribution in [0.25, 0.3) is 10.9 Å². The number of carbonyl (C=O) groups is 2. The lowest BCUT2D eigenvalue weighted by molar-refractivity contribution is -0.126. The fourth-order valence-corrected chi connectivity index (χ4v) is 4.43. The number of benzene rings is 3. The van der Waals surface area contributed by atoms with Gasteiger partial charge in [0.1, 0.15) is 23.1 Å². The minimum absolute atomic E-state index is 0.0280. The lowest BCUT2D eigenvalue weighted by atomic mass is 9.87. The number of para-hydroxylation sites is 1. The van der Waals surface area contributed by atoms with Crippen LogP contribution in [0.2, 0.25) is 5.02 Å². The summed E-state index contributed by atoms with van der Waals surface area (Å²) in [7, 11) is 0. The zero-order valence-electron chi connectivity index (χ0n) is 21.4. The number of halogens is 2. The number of rotatable bonds is 8. The second-order valence-corrected chi connectivity index (χ2v) is 10.6. The molecule has 0 aliphatic carbocycles. The van der Waals surface area contributed by atoms with Crippen LogP contribution >= 0.6 is 11.6 Å². The number of aryl methyl sites for hydroxylation is 2. The van der Waals surface area contributed by atoms with Gasteiger partial charge < -0.3 is 4.74 Å². The molecule has 0 aliphatic rings. The fourth-order valence-electron chi connectivity index (χ4n) is 4.18. The van der Waals surface area contributed by atoms with E-state index in [1.54, 1.807) is 24.4 Å². The molecular weight excluding hydrogens is 489 g/mol. The summed E-state index contributed by atoms with van der Waals surface area (Å²) in [5.41, 5.74) is 1.95. The molecule has 4 rings (SSSR count). The van der Waals surface area contributed by atoms with Crippen LogP contribution in [-0.2, 0) is 17.6 Å². The van der Waals surface area contributed by atoms with Crippen molar-refractivity contribution in [1.82, 2.24) is 4.98 Å². The van der Waals surface area contributed by atoms with Crippen LogP contribution in [0.4, 0.5) is 4.39 Å². The van der Waals surface area contributed by atoms with Gasteiger partial charge in [0, 0.05) is 29.8 Å². The van der Waals surface area contributed by atoms with Crippen molar-refractivity contribution in [3.63, 3.8) is 0 Å². The maximum absolute atomic E-state index is 15.4. The summed E-state index contributed by atoms with van der Waals surface area (Å²) in [6, 6.07) is 18.0. The monoisotopic (exact) mass is 517 g/mol. The van der Waals surface area contributed by atoms with Crippen molar-refractivity contribution in [3.05, 3.63) is 100.0 Å². The molecule has 6 heteroatoms. The number of fused-ring (bicyclic) bond motifs is 1. The summed E-state index contributed by atoms with van der Waals surface area (Å²) in [6.45, 7) is 7.48. The molecule has 0 spiro atoms. The molecule has 0 saturated carbocycles. The van der Waals surface area contributed by atoms with Crippen molar-refractivity contribution < 1.29 is 18.7 Å². The molecule has 1 aromatic heterocycles. The number of hydrogen-bond donors (Lipinski definition) is 0. The number of hydrogen-bond acceptors (Lipinski definition) is 4. The first-order valence-corrected chi connectivity index (χ1v) is 12.6. The Bertz CT molecular complexity index is 1490. The molecule has 4 nitrogen and oxygen atoms in total. The van der Waals surface area contributed by atoms with Gasteiger partial charge in [0.15, 0.2) is 5.78 Å². The number of Topliss-reactive ketones (excluding diaryl/α,β-unsaturated/α-hetero) is 2. The zero-order valence-corrected chi connectivity index (χ0v) is 22.2. The van der Waals surface area contributed by atoms with Crippen LogP contribution in [-0.4, -0.2) is 16.6 Å². The van der Waals surface area contributed by atoms with Crippen LogP contribution in [0.15, 0.2) is 66.9 Å². The Morgan fingerprint density at radius 3 is 2.49 bits per heavy atom. The topological polar surface area (TPSA) is 56.3 Å². The summed E-state index contributed by atoms with van der Waals surface area (Å²) in [6.07, 6.45) is 1.93. The molecule has 0 unspecified atom stereocenters. The average Bonchev–Trinajstić information content (AvgIpc) is 2.83. The lowest BCUT2D eigenvalue weighted by Gasteiger charge is -2.17. The van der Waals surface area contributed by atoms with Crippen molar-refractivity contribution >= 4 is 34.1 Å². The van der Waals surface area contributed by atoms with E-state index in [-0.39, 0.29) is 35.6 Å². The van der Waals surface area contributed by atoms with E-state index in [0.717, 1.165) is 10.9 Å². The van der Waals surface area contributed by atoms with Gasteiger partial charge >= 0.3 is 0 Å². The molecule has 4 aromatic rings. The first kappa shape index (κ1) is 26.5. The number of carbonyl (C=O) groups excluding carboxylic acids is 2. The average molecular weight is 518 g/mol. The highest BCUT2D eigenvalue weighted by Gasteiger charge is 2.24. The Morgan fingerprint density at radius 1 is 1.00 bits per heavy atom. The van der Waals surface area contributed by atoms with Crippen LogP contribution in [0.1, 0.15) is 54.2 Å². The smallest absolute Gasteiger partial charge is 0.171 e. The molecule has 0 amide bonds. The molecule has 0 N–H and O–H groups in total. The molecule has 0 fully saturated rings. The molecule has 1 heterocycles.